The minimum atomic E-state index is 0.207. The van der Waals surface area contributed by atoms with E-state index in [9.17, 15) is 4.79 Å². The molecule has 138 valence electrons. The largest absolute Gasteiger partial charge is 0.339 e. The van der Waals surface area contributed by atoms with Crippen molar-refractivity contribution in [2.45, 2.75) is 63.7 Å². The van der Waals surface area contributed by atoms with Gasteiger partial charge in [-0.05, 0) is 63.5 Å². The number of H-pyrrole nitrogens is 1. The second-order valence-electron chi connectivity index (χ2n) is 8.25. The third kappa shape index (κ3) is 3.76. The molecule has 2 aliphatic heterocycles. The van der Waals surface area contributed by atoms with Crippen LogP contribution in [0.1, 0.15) is 79.8 Å². The van der Waals surface area contributed by atoms with Crippen molar-refractivity contribution in [1.29, 1.82) is 0 Å². The van der Waals surface area contributed by atoms with Crippen LogP contribution >= 0.6 is 0 Å². The number of aromatic nitrogens is 2. The maximum Gasteiger partial charge on any atom is 0.257 e. The molecule has 1 aromatic rings. The van der Waals surface area contributed by atoms with Crippen molar-refractivity contribution in [2.24, 2.45) is 11.8 Å². The van der Waals surface area contributed by atoms with Crippen LogP contribution in [-0.2, 0) is 0 Å². The Kier molecular flexibility index (Phi) is 5.39. The molecule has 3 heterocycles. The molecule has 0 atom stereocenters. The molecule has 3 aliphatic rings. The van der Waals surface area contributed by atoms with Gasteiger partial charge < -0.3 is 10.2 Å². The van der Waals surface area contributed by atoms with Gasteiger partial charge in [0.05, 0.1) is 17.5 Å². The normalized spacial score (nSPS) is 24.6. The van der Waals surface area contributed by atoms with Gasteiger partial charge in [-0.1, -0.05) is 19.3 Å². The monoisotopic (exact) mass is 344 g/mol. The molecular weight excluding hydrogens is 312 g/mol. The highest BCUT2D eigenvalue weighted by Gasteiger charge is 2.31. The Morgan fingerprint density at radius 1 is 0.960 bits per heavy atom. The Bertz CT molecular complexity index is 564. The molecule has 25 heavy (non-hydrogen) atoms. The molecule has 1 aromatic heterocycles. The lowest BCUT2D eigenvalue weighted by Crippen LogP contribution is -2.42. The van der Waals surface area contributed by atoms with Gasteiger partial charge >= 0.3 is 0 Å². The Hall–Kier alpha value is -1.36. The highest BCUT2D eigenvalue weighted by Crippen LogP contribution is 2.35. The summed E-state index contributed by atoms with van der Waals surface area (Å²) in [6, 6.07) is 0. The Morgan fingerprint density at radius 2 is 1.64 bits per heavy atom. The summed E-state index contributed by atoms with van der Waals surface area (Å²) in [4.78, 5) is 15.1. The summed E-state index contributed by atoms with van der Waals surface area (Å²) < 4.78 is 0. The smallest absolute Gasteiger partial charge is 0.257 e. The van der Waals surface area contributed by atoms with E-state index in [1.165, 1.54) is 70.9 Å². The molecule has 1 aliphatic carbocycles. The predicted molar refractivity (Wildman–Crippen MR) is 98.6 cm³/mol. The van der Waals surface area contributed by atoms with Gasteiger partial charge in [-0.2, -0.15) is 5.10 Å². The molecule has 2 saturated heterocycles. The van der Waals surface area contributed by atoms with Gasteiger partial charge in [-0.15, -0.1) is 0 Å². The lowest BCUT2D eigenvalue weighted by Gasteiger charge is -2.38. The third-order valence-corrected chi connectivity index (χ3v) is 6.79. The van der Waals surface area contributed by atoms with Crippen LogP contribution < -0.4 is 5.32 Å². The first-order valence-corrected chi connectivity index (χ1v) is 10.4. The van der Waals surface area contributed by atoms with E-state index in [0.717, 1.165) is 36.2 Å². The number of nitrogens with zero attached hydrogens (tertiary/aromatic N) is 2. The summed E-state index contributed by atoms with van der Waals surface area (Å²) in [6.45, 7) is 4.18. The van der Waals surface area contributed by atoms with E-state index >= 15 is 0 Å². The third-order valence-electron chi connectivity index (χ3n) is 6.79. The molecule has 1 saturated carbocycles. The number of aromatic amines is 1. The van der Waals surface area contributed by atoms with Gasteiger partial charge in [-0.3, -0.25) is 9.89 Å². The highest BCUT2D eigenvalue weighted by atomic mass is 16.2. The number of likely N-dealkylation sites (tertiary alicyclic amines) is 1. The van der Waals surface area contributed by atoms with Crippen molar-refractivity contribution < 1.29 is 4.79 Å². The average Bonchev–Trinajstić information content (AvgIpc) is 3.19. The van der Waals surface area contributed by atoms with E-state index in [0.29, 0.717) is 5.92 Å². The second-order valence-corrected chi connectivity index (χ2v) is 8.25. The van der Waals surface area contributed by atoms with E-state index in [2.05, 4.69) is 20.4 Å². The maximum absolute atomic E-state index is 13.1. The molecule has 0 radical (unpaired) electrons. The lowest BCUT2D eigenvalue weighted by atomic mass is 9.79. The molecule has 4 rings (SSSR count). The van der Waals surface area contributed by atoms with Crippen LogP contribution in [0.3, 0.4) is 0 Å². The summed E-state index contributed by atoms with van der Waals surface area (Å²) in [5.74, 6) is 2.39. The van der Waals surface area contributed by atoms with Crippen LogP contribution in [0.25, 0.3) is 0 Å². The van der Waals surface area contributed by atoms with E-state index < -0.39 is 0 Å². The number of nitrogens with one attached hydrogen (secondary N) is 2. The zero-order valence-electron chi connectivity index (χ0n) is 15.3. The lowest BCUT2D eigenvalue weighted by molar-refractivity contribution is 0.0640. The summed E-state index contributed by atoms with van der Waals surface area (Å²) in [5.41, 5.74) is 1.94. The standard InChI is InChI=1S/C20H32N4O/c25-20(18-14-22-23-19(18)17-4-2-1-3-5-17)24-12-8-16(9-13-24)15-6-10-21-11-7-15/h14-17,21H,1-13H2,(H,22,23). The van der Waals surface area contributed by atoms with Crippen molar-refractivity contribution >= 4 is 5.91 Å². The van der Waals surface area contributed by atoms with E-state index in [1.54, 1.807) is 6.20 Å². The molecule has 2 N–H and O–H groups in total. The SMILES string of the molecule is O=C(c1cn[nH]c1C1CCCCC1)N1CCC(C2CCNCC2)CC1. The molecule has 1 amide bonds. The Labute approximate surface area is 150 Å². The van der Waals surface area contributed by atoms with Crippen LogP contribution in [-0.4, -0.2) is 47.2 Å². The average molecular weight is 345 g/mol. The molecular formula is C20H32N4O. The summed E-state index contributed by atoms with van der Waals surface area (Å²) in [7, 11) is 0. The van der Waals surface area contributed by atoms with Crippen LogP contribution in [0.2, 0.25) is 0 Å². The fourth-order valence-corrected chi connectivity index (χ4v) is 5.23. The van der Waals surface area contributed by atoms with Gasteiger partial charge in [0.1, 0.15) is 0 Å². The molecule has 0 aromatic carbocycles. The number of carbonyl (C=O) groups is 1. The first-order valence-electron chi connectivity index (χ1n) is 10.4. The van der Waals surface area contributed by atoms with Gasteiger partial charge in [0.15, 0.2) is 0 Å². The number of rotatable bonds is 3. The van der Waals surface area contributed by atoms with Gasteiger partial charge in [0, 0.05) is 19.0 Å². The zero-order chi connectivity index (χ0) is 17.1. The highest BCUT2D eigenvalue weighted by molar-refractivity contribution is 5.95. The minimum absolute atomic E-state index is 0.207. The number of hydrogen-bond donors (Lipinski definition) is 2. The summed E-state index contributed by atoms with van der Waals surface area (Å²) in [5, 5.41) is 10.8. The van der Waals surface area contributed by atoms with Crippen LogP contribution in [0.15, 0.2) is 6.20 Å². The first-order chi connectivity index (χ1) is 12.3. The van der Waals surface area contributed by atoms with Crippen LogP contribution in [0.5, 0.6) is 0 Å². The van der Waals surface area contributed by atoms with E-state index in [4.69, 9.17) is 0 Å². The van der Waals surface area contributed by atoms with Crippen molar-refractivity contribution in [3.8, 4) is 0 Å². The molecule has 0 spiro atoms. The van der Waals surface area contributed by atoms with E-state index in [-0.39, 0.29) is 5.91 Å². The molecule has 0 bridgehead atoms. The van der Waals surface area contributed by atoms with Crippen molar-refractivity contribution in [1.82, 2.24) is 20.4 Å². The van der Waals surface area contributed by atoms with Gasteiger partial charge in [0.2, 0.25) is 0 Å². The summed E-state index contributed by atoms with van der Waals surface area (Å²) >= 11 is 0. The molecule has 3 fully saturated rings. The number of amides is 1. The first kappa shape index (κ1) is 17.1. The Balaban J connectivity index is 1.37. The fourth-order valence-electron chi connectivity index (χ4n) is 5.23. The predicted octanol–water partition coefficient (Wildman–Crippen LogP) is 3.31. The van der Waals surface area contributed by atoms with Gasteiger partial charge in [-0.25, -0.2) is 0 Å². The number of hydrogen-bond acceptors (Lipinski definition) is 3. The molecule has 0 unspecified atom stereocenters. The van der Waals surface area contributed by atoms with E-state index in [1.807, 2.05) is 0 Å². The number of carbonyl (C=O) groups excluding carboxylic acids is 1. The fraction of sp³-hybridized carbons (Fsp3) is 0.800. The van der Waals surface area contributed by atoms with Crippen LogP contribution in [0, 0.1) is 11.8 Å². The summed E-state index contributed by atoms with van der Waals surface area (Å²) in [6.07, 6.45) is 13.0. The molecule has 5 nitrogen and oxygen atoms in total. The van der Waals surface area contributed by atoms with Crippen molar-refractivity contribution in [2.75, 3.05) is 26.2 Å². The zero-order valence-corrected chi connectivity index (χ0v) is 15.3. The van der Waals surface area contributed by atoms with Crippen molar-refractivity contribution in [3.05, 3.63) is 17.5 Å². The topological polar surface area (TPSA) is 61.0 Å². The Morgan fingerprint density at radius 3 is 2.36 bits per heavy atom. The van der Waals surface area contributed by atoms with Crippen LogP contribution in [0.4, 0.5) is 0 Å². The van der Waals surface area contributed by atoms with Gasteiger partial charge in [0.25, 0.3) is 5.91 Å². The minimum Gasteiger partial charge on any atom is -0.339 e. The van der Waals surface area contributed by atoms with Crippen molar-refractivity contribution in [3.63, 3.8) is 0 Å². The maximum atomic E-state index is 13.1. The molecule has 5 heteroatoms. The second kappa shape index (κ2) is 7.90. The quantitative estimate of drug-likeness (QED) is 0.884. The number of piperidine rings is 2.